The van der Waals surface area contributed by atoms with Crippen LogP contribution in [0.4, 0.5) is 0 Å². The van der Waals surface area contributed by atoms with Gasteiger partial charge in [0.25, 0.3) is 5.91 Å². The summed E-state index contributed by atoms with van der Waals surface area (Å²) in [7, 11) is -2.04. The molecule has 8 heteroatoms. The molecule has 1 aliphatic rings. The van der Waals surface area contributed by atoms with Crippen LogP contribution >= 0.6 is 0 Å². The number of methoxy groups -OCH3 is 1. The van der Waals surface area contributed by atoms with Gasteiger partial charge < -0.3 is 18.6 Å². The number of rotatable bonds is 8. The first kappa shape index (κ1) is 21.1. The molecule has 0 aromatic heterocycles. The van der Waals surface area contributed by atoms with E-state index >= 15 is 0 Å². The molecule has 1 saturated heterocycles. The number of para-hydroxylation sites is 1. The van der Waals surface area contributed by atoms with Crippen LogP contribution < -0.4 is 8.92 Å². The molecular weight excluding hydrogens is 394 g/mol. The molecule has 0 saturated carbocycles. The van der Waals surface area contributed by atoms with E-state index in [0.717, 1.165) is 24.7 Å². The number of hydrogen-bond acceptors (Lipinski definition) is 6. The molecule has 29 heavy (non-hydrogen) atoms. The average molecular weight is 419 g/mol. The lowest BCUT2D eigenvalue weighted by atomic mass is 10.1. The van der Waals surface area contributed by atoms with Gasteiger partial charge in [-0.2, -0.15) is 8.42 Å². The van der Waals surface area contributed by atoms with Crippen molar-refractivity contribution >= 4 is 16.0 Å². The topological polar surface area (TPSA) is 82.1 Å². The van der Waals surface area contributed by atoms with Crippen molar-refractivity contribution in [2.45, 2.75) is 25.5 Å². The Morgan fingerprint density at radius 3 is 2.52 bits per heavy atom. The van der Waals surface area contributed by atoms with Crippen LogP contribution in [0.3, 0.4) is 0 Å². The van der Waals surface area contributed by atoms with Gasteiger partial charge in [-0.15, -0.1) is 0 Å². The zero-order valence-corrected chi connectivity index (χ0v) is 17.4. The van der Waals surface area contributed by atoms with Gasteiger partial charge in [0.2, 0.25) is 0 Å². The number of carbonyl (C=O) groups excluding carboxylic acids is 1. The molecule has 1 atom stereocenters. The molecule has 1 fully saturated rings. The second kappa shape index (κ2) is 9.28. The highest BCUT2D eigenvalue weighted by atomic mass is 32.2. The minimum atomic E-state index is -3.58. The molecule has 0 aliphatic carbocycles. The van der Waals surface area contributed by atoms with Crippen LogP contribution in [0.15, 0.2) is 48.5 Å². The standard InChI is InChI=1S/C21H25NO6S/c1-26-20-8-4-3-7-19(20)21(23)22(15-18-6-5-13-27-18)14-16-9-11-17(12-10-16)28-29(2,24)25/h3-4,7-12,18H,5-6,13-15H2,1-2H3/t18-/m1/s1. The Morgan fingerprint density at radius 1 is 1.17 bits per heavy atom. The van der Waals surface area contributed by atoms with E-state index in [9.17, 15) is 13.2 Å². The van der Waals surface area contributed by atoms with Crippen molar-refractivity contribution in [1.82, 2.24) is 4.90 Å². The Bertz CT molecular complexity index is 936. The highest BCUT2D eigenvalue weighted by molar-refractivity contribution is 7.86. The molecule has 0 bridgehead atoms. The molecule has 7 nitrogen and oxygen atoms in total. The van der Waals surface area contributed by atoms with Crippen LogP contribution in [0.25, 0.3) is 0 Å². The van der Waals surface area contributed by atoms with E-state index in [1.165, 1.54) is 7.11 Å². The lowest BCUT2D eigenvalue weighted by Crippen LogP contribution is -2.37. The second-order valence-electron chi connectivity index (χ2n) is 6.95. The summed E-state index contributed by atoms with van der Waals surface area (Å²) in [5, 5.41) is 0. The van der Waals surface area contributed by atoms with E-state index in [4.69, 9.17) is 13.7 Å². The highest BCUT2D eigenvalue weighted by Gasteiger charge is 2.25. The Kier molecular flexibility index (Phi) is 6.76. The third kappa shape index (κ3) is 5.95. The Hall–Kier alpha value is -2.58. The Labute approximate surface area is 171 Å². The molecule has 0 N–H and O–H groups in total. The van der Waals surface area contributed by atoms with Crippen molar-refractivity contribution in [3.8, 4) is 11.5 Å². The van der Waals surface area contributed by atoms with Gasteiger partial charge in [-0.05, 0) is 42.7 Å². The summed E-state index contributed by atoms with van der Waals surface area (Å²) in [6, 6.07) is 13.8. The van der Waals surface area contributed by atoms with Crippen molar-refractivity contribution in [1.29, 1.82) is 0 Å². The smallest absolute Gasteiger partial charge is 0.306 e. The first-order valence-electron chi connectivity index (χ1n) is 9.38. The molecule has 2 aromatic carbocycles. The molecule has 156 valence electrons. The predicted octanol–water partition coefficient (Wildman–Crippen LogP) is 2.86. The molecule has 2 aromatic rings. The fourth-order valence-electron chi connectivity index (χ4n) is 3.29. The van der Waals surface area contributed by atoms with Crippen LogP contribution in [0.2, 0.25) is 0 Å². The van der Waals surface area contributed by atoms with Gasteiger partial charge in [-0.25, -0.2) is 0 Å². The number of hydrogen-bond donors (Lipinski definition) is 0. The van der Waals surface area contributed by atoms with Gasteiger partial charge >= 0.3 is 10.1 Å². The largest absolute Gasteiger partial charge is 0.496 e. The van der Waals surface area contributed by atoms with Crippen LogP contribution in [0, 0.1) is 0 Å². The van der Waals surface area contributed by atoms with E-state index in [1.54, 1.807) is 47.4 Å². The molecule has 3 rings (SSSR count). The van der Waals surface area contributed by atoms with Gasteiger partial charge in [-0.3, -0.25) is 4.79 Å². The molecule has 0 spiro atoms. The fraction of sp³-hybridized carbons (Fsp3) is 0.381. The number of ether oxygens (including phenoxy) is 2. The molecule has 0 radical (unpaired) electrons. The number of amides is 1. The van der Waals surface area contributed by atoms with Gasteiger partial charge in [0.1, 0.15) is 11.5 Å². The van der Waals surface area contributed by atoms with Gasteiger partial charge in [0.05, 0.1) is 25.0 Å². The Balaban J connectivity index is 1.80. The molecular formula is C21H25NO6S. The van der Waals surface area contributed by atoms with E-state index in [2.05, 4.69) is 0 Å². The van der Waals surface area contributed by atoms with Crippen LogP contribution in [0.5, 0.6) is 11.5 Å². The first-order valence-corrected chi connectivity index (χ1v) is 11.2. The van der Waals surface area contributed by atoms with Crippen LogP contribution in [-0.2, 0) is 21.4 Å². The van der Waals surface area contributed by atoms with E-state index < -0.39 is 10.1 Å². The summed E-state index contributed by atoms with van der Waals surface area (Å²) in [6.07, 6.45) is 2.90. The van der Waals surface area contributed by atoms with Crippen LogP contribution in [0.1, 0.15) is 28.8 Å². The molecule has 1 amide bonds. The second-order valence-corrected chi connectivity index (χ2v) is 8.53. The van der Waals surface area contributed by atoms with E-state index in [1.807, 2.05) is 6.07 Å². The maximum Gasteiger partial charge on any atom is 0.306 e. The van der Waals surface area contributed by atoms with Crippen molar-refractivity contribution in [2.24, 2.45) is 0 Å². The summed E-state index contributed by atoms with van der Waals surface area (Å²) in [6.45, 7) is 1.53. The molecule has 1 heterocycles. The van der Waals surface area contributed by atoms with Crippen molar-refractivity contribution in [2.75, 3.05) is 26.5 Å². The number of carbonyl (C=O) groups is 1. The maximum absolute atomic E-state index is 13.3. The number of nitrogens with zero attached hydrogens (tertiary/aromatic N) is 1. The van der Waals surface area contributed by atoms with Crippen molar-refractivity contribution < 1.29 is 26.9 Å². The third-order valence-corrected chi connectivity index (χ3v) is 5.11. The SMILES string of the molecule is COc1ccccc1C(=O)N(Cc1ccc(OS(C)(=O)=O)cc1)C[C@H]1CCCO1. The summed E-state index contributed by atoms with van der Waals surface area (Å²) in [4.78, 5) is 15.0. The highest BCUT2D eigenvalue weighted by Crippen LogP contribution is 2.23. The van der Waals surface area contributed by atoms with E-state index in [0.29, 0.717) is 31.0 Å². The summed E-state index contributed by atoms with van der Waals surface area (Å²) in [5.41, 5.74) is 1.34. The summed E-state index contributed by atoms with van der Waals surface area (Å²) in [5.74, 6) is 0.610. The zero-order valence-electron chi connectivity index (χ0n) is 16.5. The van der Waals surface area contributed by atoms with Crippen molar-refractivity contribution in [3.05, 3.63) is 59.7 Å². The quantitative estimate of drug-likeness (QED) is 0.612. The minimum absolute atomic E-state index is 0.00139. The summed E-state index contributed by atoms with van der Waals surface area (Å²) >= 11 is 0. The number of benzene rings is 2. The molecule has 0 unspecified atom stereocenters. The lowest BCUT2D eigenvalue weighted by Gasteiger charge is -2.26. The minimum Gasteiger partial charge on any atom is -0.496 e. The fourth-order valence-corrected chi connectivity index (χ4v) is 3.75. The molecule has 1 aliphatic heterocycles. The monoisotopic (exact) mass is 419 g/mol. The van der Waals surface area contributed by atoms with E-state index in [-0.39, 0.29) is 17.8 Å². The van der Waals surface area contributed by atoms with Gasteiger partial charge in [0, 0.05) is 19.7 Å². The normalized spacial score (nSPS) is 16.4. The predicted molar refractivity (Wildman–Crippen MR) is 109 cm³/mol. The summed E-state index contributed by atoms with van der Waals surface area (Å²) < 4.78 is 38.5. The van der Waals surface area contributed by atoms with Crippen LogP contribution in [-0.4, -0.2) is 51.8 Å². The zero-order chi connectivity index (χ0) is 20.9. The van der Waals surface area contributed by atoms with Crippen molar-refractivity contribution in [3.63, 3.8) is 0 Å². The van der Waals surface area contributed by atoms with Gasteiger partial charge in [0.15, 0.2) is 0 Å². The average Bonchev–Trinajstić information content (AvgIpc) is 3.20. The first-order chi connectivity index (χ1) is 13.9. The maximum atomic E-state index is 13.3. The lowest BCUT2D eigenvalue weighted by molar-refractivity contribution is 0.0505. The van der Waals surface area contributed by atoms with Gasteiger partial charge in [-0.1, -0.05) is 24.3 Å². The third-order valence-electron chi connectivity index (χ3n) is 4.62. The Morgan fingerprint density at radius 2 is 1.90 bits per heavy atom.